The minimum atomic E-state index is -0.0385. The van der Waals surface area contributed by atoms with E-state index in [0.29, 0.717) is 5.75 Å². The molecular formula is C24H22BrN3OS. The van der Waals surface area contributed by atoms with Crippen LogP contribution in [0.5, 0.6) is 0 Å². The zero-order chi connectivity index (χ0) is 20.9. The number of aromatic nitrogens is 2. The van der Waals surface area contributed by atoms with Crippen LogP contribution in [-0.2, 0) is 17.8 Å². The average Bonchev–Trinajstić information content (AvgIpc) is 3.11. The van der Waals surface area contributed by atoms with Crippen molar-refractivity contribution in [1.29, 1.82) is 0 Å². The van der Waals surface area contributed by atoms with Gasteiger partial charge in [0.25, 0.3) is 0 Å². The van der Waals surface area contributed by atoms with Crippen molar-refractivity contribution in [3.05, 3.63) is 88.4 Å². The SMILES string of the molecule is Cc1cc(NC(=O)CSc2nc3ccccc3n2CCc2ccccc2)ccc1Br. The van der Waals surface area contributed by atoms with E-state index in [9.17, 15) is 4.79 Å². The Hall–Kier alpha value is -2.57. The molecule has 4 rings (SSSR count). The van der Waals surface area contributed by atoms with E-state index in [-0.39, 0.29) is 5.91 Å². The molecule has 0 saturated carbocycles. The van der Waals surface area contributed by atoms with Crippen LogP contribution in [0.25, 0.3) is 11.0 Å². The maximum Gasteiger partial charge on any atom is 0.234 e. The maximum absolute atomic E-state index is 12.5. The average molecular weight is 480 g/mol. The van der Waals surface area contributed by atoms with Crippen molar-refractivity contribution in [2.45, 2.75) is 25.0 Å². The number of benzene rings is 3. The van der Waals surface area contributed by atoms with Crippen LogP contribution in [-0.4, -0.2) is 21.2 Å². The zero-order valence-corrected chi connectivity index (χ0v) is 19.0. The lowest BCUT2D eigenvalue weighted by atomic mass is 10.1. The van der Waals surface area contributed by atoms with Gasteiger partial charge in [0, 0.05) is 16.7 Å². The third kappa shape index (κ3) is 4.94. The van der Waals surface area contributed by atoms with Crippen molar-refractivity contribution < 1.29 is 4.79 Å². The van der Waals surface area contributed by atoms with E-state index in [1.54, 1.807) is 0 Å². The molecule has 6 heteroatoms. The maximum atomic E-state index is 12.5. The van der Waals surface area contributed by atoms with Gasteiger partial charge in [-0.05, 0) is 54.8 Å². The Morgan fingerprint density at radius 1 is 1.07 bits per heavy atom. The Balaban J connectivity index is 1.47. The van der Waals surface area contributed by atoms with E-state index in [1.807, 2.05) is 49.4 Å². The van der Waals surface area contributed by atoms with Gasteiger partial charge in [0.15, 0.2) is 5.16 Å². The summed E-state index contributed by atoms with van der Waals surface area (Å²) >= 11 is 4.96. The van der Waals surface area contributed by atoms with Crippen molar-refractivity contribution in [2.75, 3.05) is 11.1 Å². The molecule has 152 valence electrons. The standard InChI is InChI=1S/C24H22BrN3OS/c1-17-15-19(11-12-20(17)25)26-23(29)16-30-24-27-21-9-5-6-10-22(21)28(24)14-13-18-7-3-2-4-8-18/h2-12,15H,13-14,16H2,1H3,(H,26,29). The van der Waals surface area contributed by atoms with E-state index < -0.39 is 0 Å². The first kappa shape index (κ1) is 20.7. The Morgan fingerprint density at radius 3 is 2.63 bits per heavy atom. The molecule has 0 aliphatic heterocycles. The van der Waals surface area contributed by atoms with Crippen molar-refractivity contribution in [3.8, 4) is 0 Å². The summed E-state index contributed by atoms with van der Waals surface area (Å²) in [6.07, 6.45) is 0.916. The second kappa shape index (κ2) is 9.49. The summed E-state index contributed by atoms with van der Waals surface area (Å²) < 4.78 is 3.24. The van der Waals surface area contributed by atoms with Crippen LogP contribution in [0.4, 0.5) is 5.69 Å². The van der Waals surface area contributed by atoms with E-state index in [1.165, 1.54) is 17.3 Å². The number of hydrogen-bond donors (Lipinski definition) is 1. The van der Waals surface area contributed by atoms with Gasteiger partial charge >= 0.3 is 0 Å². The summed E-state index contributed by atoms with van der Waals surface area (Å²) in [5.41, 5.74) is 5.23. The highest BCUT2D eigenvalue weighted by Crippen LogP contribution is 2.25. The van der Waals surface area contributed by atoms with Crippen LogP contribution < -0.4 is 5.32 Å². The van der Waals surface area contributed by atoms with Crippen LogP contribution in [0.3, 0.4) is 0 Å². The summed E-state index contributed by atoms with van der Waals surface area (Å²) in [4.78, 5) is 17.3. The first-order valence-corrected chi connectivity index (χ1v) is 11.6. The number of nitrogens with one attached hydrogen (secondary N) is 1. The normalized spacial score (nSPS) is 11.0. The van der Waals surface area contributed by atoms with Gasteiger partial charge in [-0.2, -0.15) is 0 Å². The smallest absolute Gasteiger partial charge is 0.234 e. The monoisotopic (exact) mass is 479 g/mol. The van der Waals surface area contributed by atoms with E-state index in [0.717, 1.165) is 44.9 Å². The lowest BCUT2D eigenvalue weighted by molar-refractivity contribution is -0.113. The molecule has 1 N–H and O–H groups in total. The number of aryl methyl sites for hydroxylation is 3. The Kier molecular flexibility index (Phi) is 6.55. The molecule has 1 aromatic heterocycles. The second-order valence-corrected chi connectivity index (χ2v) is 8.87. The van der Waals surface area contributed by atoms with Crippen molar-refractivity contribution >= 4 is 50.3 Å². The van der Waals surface area contributed by atoms with Crippen molar-refractivity contribution in [2.24, 2.45) is 0 Å². The van der Waals surface area contributed by atoms with Crippen LogP contribution in [0.15, 0.2) is 82.4 Å². The zero-order valence-electron chi connectivity index (χ0n) is 16.6. The van der Waals surface area contributed by atoms with Gasteiger partial charge in [-0.3, -0.25) is 4.79 Å². The summed E-state index contributed by atoms with van der Waals surface area (Å²) in [6, 6.07) is 24.4. The fourth-order valence-electron chi connectivity index (χ4n) is 3.31. The molecule has 0 bridgehead atoms. The molecule has 0 aliphatic rings. The fourth-order valence-corrected chi connectivity index (χ4v) is 4.40. The second-order valence-electron chi connectivity index (χ2n) is 7.07. The highest BCUT2D eigenvalue weighted by molar-refractivity contribution is 9.10. The lowest BCUT2D eigenvalue weighted by Gasteiger charge is -2.10. The van der Waals surface area contributed by atoms with Gasteiger partial charge in [-0.1, -0.05) is 70.2 Å². The quantitative estimate of drug-likeness (QED) is 0.326. The number of hydrogen-bond acceptors (Lipinski definition) is 3. The number of halogens is 1. The number of amides is 1. The fraction of sp³-hybridized carbons (Fsp3) is 0.167. The van der Waals surface area contributed by atoms with Gasteiger partial charge in [0.05, 0.1) is 16.8 Å². The molecule has 4 aromatic rings. The summed E-state index contributed by atoms with van der Waals surface area (Å²) in [5, 5.41) is 3.84. The topological polar surface area (TPSA) is 46.9 Å². The largest absolute Gasteiger partial charge is 0.325 e. The number of nitrogens with zero attached hydrogens (tertiary/aromatic N) is 2. The number of fused-ring (bicyclic) bond motifs is 1. The number of imidazole rings is 1. The number of para-hydroxylation sites is 2. The first-order chi connectivity index (χ1) is 14.6. The van der Waals surface area contributed by atoms with Gasteiger partial charge in [0.1, 0.15) is 0 Å². The van der Waals surface area contributed by atoms with Crippen LogP contribution >= 0.6 is 27.7 Å². The van der Waals surface area contributed by atoms with Gasteiger partial charge < -0.3 is 9.88 Å². The highest BCUT2D eigenvalue weighted by Gasteiger charge is 2.13. The van der Waals surface area contributed by atoms with Gasteiger partial charge in [-0.15, -0.1) is 0 Å². The molecule has 0 unspecified atom stereocenters. The third-order valence-electron chi connectivity index (χ3n) is 4.86. The summed E-state index contributed by atoms with van der Waals surface area (Å²) in [5.74, 6) is 0.271. The Morgan fingerprint density at radius 2 is 1.83 bits per heavy atom. The molecule has 4 nitrogen and oxygen atoms in total. The number of carbonyl (C=O) groups is 1. The van der Waals surface area contributed by atoms with Crippen LogP contribution in [0, 0.1) is 6.92 Å². The van der Waals surface area contributed by atoms with E-state index >= 15 is 0 Å². The van der Waals surface area contributed by atoms with E-state index in [2.05, 4.69) is 56.1 Å². The first-order valence-electron chi connectivity index (χ1n) is 9.78. The predicted octanol–water partition coefficient (Wildman–Crippen LogP) is 6.08. The molecule has 1 amide bonds. The van der Waals surface area contributed by atoms with Gasteiger partial charge in [-0.25, -0.2) is 4.98 Å². The molecular weight excluding hydrogens is 458 g/mol. The van der Waals surface area contributed by atoms with Crippen molar-refractivity contribution in [3.63, 3.8) is 0 Å². The Labute approximate surface area is 188 Å². The van der Waals surface area contributed by atoms with E-state index in [4.69, 9.17) is 4.98 Å². The molecule has 0 spiro atoms. The molecule has 0 saturated heterocycles. The lowest BCUT2D eigenvalue weighted by Crippen LogP contribution is -2.15. The predicted molar refractivity (Wildman–Crippen MR) is 128 cm³/mol. The number of anilines is 1. The number of rotatable bonds is 7. The molecule has 0 aliphatic carbocycles. The minimum Gasteiger partial charge on any atom is -0.325 e. The van der Waals surface area contributed by atoms with Gasteiger partial charge in [0.2, 0.25) is 5.91 Å². The molecule has 3 aromatic carbocycles. The highest BCUT2D eigenvalue weighted by atomic mass is 79.9. The number of carbonyl (C=O) groups excluding carboxylic acids is 1. The summed E-state index contributed by atoms with van der Waals surface area (Å²) in [6.45, 7) is 2.82. The number of thioether (sulfide) groups is 1. The van der Waals surface area contributed by atoms with Crippen molar-refractivity contribution in [1.82, 2.24) is 9.55 Å². The molecule has 0 radical (unpaired) electrons. The molecule has 0 fully saturated rings. The van der Waals surface area contributed by atoms with Crippen LogP contribution in [0.2, 0.25) is 0 Å². The van der Waals surface area contributed by atoms with Crippen LogP contribution in [0.1, 0.15) is 11.1 Å². The summed E-state index contributed by atoms with van der Waals surface area (Å²) in [7, 11) is 0. The third-order valence-corrected chi connectivity index (χ3v) is 6.73. The molecule has 30 heavy (non-hydrogen) atoms. The molecule has 0 atom stereocenters. The molecule has 1 heterocycles. The Bertz CT molecular complexity index is 1170. The minimum absolute atomic E-state index is 0.0385.